The molecule has 0 radical (unpaired) electrons. The summed E-state index contributed by atoms with van der Waals surface area (Å²) >= 11 is 0. The van der Waals surface area contributed by atoms with Crippen molar-refractivity contribution in [3.63, 3.8) is 0 Å². The van der Waals surface area contributed by atoms with Crippen LogP contribution in [-0.4, -0.2) is 52.8 Å². The highest BCUT2D eigenvalue weighted by atomic mass is 16.5. The second kappa shape index (κ2) is 8.49. The van der Waals surface area contributed by atoms with Crippen LogP contribution in [0, 0.1) is 0 Å². The Hall–Kier alpha value is -3.12. The van der Waals surface area contributed by atoms with Crippen LogP contribution in [0.3, 0.4) is 0 Å². The van der Waals surface area contributed by atoms with Crippen molar-refractivity contribution in [2.24, 2.45) is 0 Å². The van der Waals surface area contributed by atoms with Crippen LogP contribution in [-0.2, 0) is 17.7 Å². The third-order valence-corrected chi connectivity index (χ3v) is 5.38. The zero-order valence-corrected chi connectivity index (χ0v) is 16.2. The van der Waals surface area contributed by atoms with E-state index in [2.05, 4.69) is 4.57 Å². The van der Waals surface area contributed by atoms with Crippen LogP contribution < -0.4 is 0 Å². The first-order chi connectivity index (χ1) is 14.1. The standard InChI is InChI=1S/C23H24N2O4/c26-22(24-12-14-29-15-13-24)20-16-25(21-6-2-1-5-19(20)21)11-3-4-17-7-9-18(10-8-17)23(27)28/h1-2,5-10,16H,3-4,11-15H2,(H,27,28). The fraction of sp³-hybridized carbons (Fsp3) is 0.304. The number of hydrogen-bond acceptors (Lipinski definition) is 3. The average Bonchev–Trinajstić information content (AvgIpc) is 3.13. The molecule has 0 unspecified atom stereocenters. The van der Waals surface area contributed by atoms with E-state index >= 15 is 0 Å². The molecule has 0 spiro atoms. The van der Waals surface area contributed by atoms with Crippen LogP contribution in [0.25, 0.3) is 10.9 Å². The van der Waals surface area contributed by atoms with Crippen LogP contribution in [0.15, 0.2) is 54.7 Å². The first-order valence-electron chi connectivity index (χ1n) is 9.90. The van der Waals surface area contributed by atoms with Crippen LogP contribution in [0.4, 0.5) is 0 Å². The number of rotatable bonds is 6. The van der Waals surface area contributed by atoms with Crippen molar-refractivity contribution in [1.82, 2.24) is 9.47 Å². The van der Waals surface area contributed by atoms with Crippen LogP contribution in [0.1, 0.15) is 32.7 Å². The number of carboxylic acids is 1. The second-order valence-electron chi connectivity index (χ2n) is 7.26. The molecular formula is C23H24N2O4. The number of carboxylic acid groups (broad SMARTS) is 1. The minimum absolute atomic E-state index is 0.0625. The monoisotopic (exact) mass is 392 g/mol. The Morgan fingerprint density at radius 1 is 1.00 bits per heavy atom. The third-order valence-electron chi connectivity index (χ3n) is 5.38. The van der Waals surface area contributed by atoms with E-state index in [9.17, 15) is 9.59 Å². The fourth-order valence-corrected chi connectivity index (χ4v) is 3.81. The molecule has 3 aromatic rings. The summed E-state index contributed by atoms with van der Waals surface area (Å²) < 4.78 is 7.51. The number of benzene rings is 2. The minimum atomic E-state index is -0.909. The second-order valence-corrected chi connectivity index (χ2v) is 7.26. The number of para-hydroxylation sites is 1. The van der Waals surface area contributed by atoms with E-state index in [4.69, 9.17) is 9.84 Å². The molecule has 6 heteroatoms. The highest BCUT2D eigenvalue weighted by Gasteiger charge is 2.22. The molecule has 0 atom stereocenters. The Kier molecular flexibility index (Phi) is 5.62. The molecule has 0 saturated carbocycles. The Morgan fingerprint density at radius 2 is 1.72 bits per heavy atom. The summed E-state index contributed by atoms with van der Waals surface area (Å²) in [6, 6.07) is 15.0. The molecule has 1 fully saturated rings. The number of carbonyl (C=O) groups is 2. The zero-order valence-electron chi connectivity index (χ0n) is 16.2. The number of aryl methyl sites for hydroxylation is 2. The maximum Gasteiger partial charge on any atom is 0.335 e. The van der Waals surface area contributed by atoms with Gasteiger partial charge in [-0.2, -0.15) is 0 Å². The molecule has 1 aliphatic rings. The number of fused-ring (bicyclic) bond motifs is 1. The van der Waals surface area contributed by atoms with Gasteiger partial charge in [-0.1, -0.05) is 30.3 Å². The number of aromatic nitrogens is 1. The predicted octanol–water partition coefficient (Wildman–Crippen LogP) is 3.44. The Bertz CT molecular complexity index is 1020. The summed E-state index contributed by atoms with van der Waals surface area (Å²) in [6.07, 6.45) is 3.71. The van der Waals surface area contributed by atoms with E-state index in [1.54, 1.807) is 12.1 Å². The minimum Gasteiger partial charge on any atom is -0.478 e. The van der Waals surface area contributed by atoms with E-state index in [0.29, 0.717) is 31.9 Å². The van der Waals surface area contributed by atoms with Crippen molar-refractivity contribution in [3.05, 3.63) is 71.4 Å². The lowest BCUT2D eigenvalue weighted by Crippen LogP contribution is -2.40. The Balaban J connectivity index is 1.48. The number of amides is 1. The molecule has 1 saturated heterocycles. The summed E-state index contributed by atoms with van der Waals surface area (Å²) in [5.41, 5.74) is 3.21. The maximum absolute atomic E-state index is 13.0. The first-order valence-corrected chi connectivity index (χ1v) is 9.90. The molecule has 1 amide bonds. The van der Waals surface area contributed by atoms with Gasteiger partial charge in [0.1, 0.15) is 0 Å². The van der Waals surface area contributed by atoms with Gasteiger partial charge in [0.25, 0.3) is 5.91 Å². The number of ether oxygens (including phenoxy) is 1. The topological polar surface area (TPSA) is 71.8 Å². The number of nitrogens with zero attached hydrogens (tertiary/aromatic N) is 2. The molecule has 0 bridgehead atoms. The lowest BCUT2D eigenvalue weighted by molar-refractivity contribution is 0.0304. The summed E-state index contributed by atoms with van der Waals surface area (Å²) in [5, 5.41) is 9.98. The molecule has 1 aliphatic heterocycles. The fourth-order valence-electron chi connectivity index (χ4n) is 3.81. The van der Waals surface area contributed by atoms with E-state index in [0.717, 1.165) is 41.4 Å². The number of carbonyl (C=O) groups excluding carboxylic acids is 1. The lowest BCUT2D eigenvalue weighted by atomic mass is 10.1. The van der Waals surface area contributed by atoms with Gasteiger partial charge >= 0.3 is 5.97 Å². The molecule has 0 aliphatic carbocycles. The quantitative estimate of drug-likeness (QED) is 0.698. The molecular weight excluding hydrogens is 368 g/mol. The summed E-state index contributed by atoms with van der Waals surface area (Å²) in [6.45, 7) is 3.23. The predicted molar refractivity (Wildman–Crippen MR) is 110 cm³/mol. The number of hydrogen-bond donors (Lipinski definition) is 1. The molecule has 29 heavy (non-hydrogen) atoms. The van der Waals surface area contributed by atoms with E-state index < -0.39 is 5.97 Å². The van der Waals surface area contributed by atoms with Crippen molar-refractivity contribution in [3.8, 4) is 0 Å². The van der Waals surface area contributed by atoms with Crippen molar-refractivity contribution >= 4 is 22.8 Å². The van der Waals surface area contributed by atoms with Gasteiger partial charge in [-0.3, -0.25) is 4.79 Å². The maximum atomic E-state index is 13.0. The molecule has 1 N–H and O–H groups in total. The van der Waals surface area contributed by atoms with Crippen molar-refractivity contribution in [2.45, 2.75) is 19.4 Å². The van der Waals surface area contributed by atoms with Crippen molar-refractivity contribution < 1.29 is 19.4 Å². The molecule has 2 aromatic carbocycles. The van der Waals surface area contributed by atoms with E-state index in [1.807, 2.05) is 47.5 Å². The smallest absolute Gasteiger partial charge is 0.335 e. The molecule has 2 heterocycles. The van der Waals surface area contributed by atoms with Gasteiger partial charge in [-0.05, 0) is 36.6 Å². The highest BCUT2D eigenvalue weighted by Crippen LogP contribution is 2.24. The molecule has 6 nitrogen and oxygen atoms in total. The van der Waals surface area contributed by atoms with Gasteiger partial charge in [0.15, 0.2) is 0 Å². The summed E-state index contributed by atoms with van der Waals surface area (Å²) in [7, 11) is 0. The van der Waals surface area contributed by atoms with Gasteiger partial charge in [-0.25, -0.2) is 4.79 Å². The normalized spacial score (nSPS) is 14.3. The molecule has 150 valence electrons. The highest BCUT2D eigenvalue weighted by molar-refractivity contribution is 6.07. The largest absolute Gasteiger partial charge is 0.478 e. The summed E-state index contributed by atoms with van der Waals surface area (Å²) in [4.78, 5) is 25.8. The first kappa shape index (κ1) is 19.2. The van der Waals surface area contributed by atoms with E-state index in [-0.39, 0.29) is 5.91 Å². The van der Waals surface area contributed by atoms with Crippen LogP contribution in [0.2, 0.25) is 0 Å². The SMILES string of the molecule is O=C(O)c1ccc(CCCn2cc(C(=O)N3CCOCC3)c3ccccc32)cc1. The van der Waals surface area contributed by atoms with Gasteiger partial charge in [0.2, 0.25) is 0 Å². The third kappa shape index (κ3) is 4.17. The van der Waals surface area contributed by atoms with Gasteiger partial charge in [0.05, 0.1) is 24.3 Å². The zero-order chi connectivity index (χ0) is 20.2. The van der Waals surface area contributed by atoms with Gasteiger partial charge in [0, 0.05) is 36.7 Å². The number of aromatic carboxylic acids is 1. The van der Waals surface area contributed by atoms with Gasteiger partial charge in [-0.15, -0.1) is 0 Å². The van der Waals surface area contributed by atoms with E-state index in [1.165, 1.54) is 0 Å². The van der Waals surface area contributed by atoms with Gasteiger partial charge < -0.3 is 19.3 Å². The average molecular weight is 392 g/mol. The van der Waals surface area contributed by atoms with Crippen LogP contribution in [0.5, 0.6) is 0 Å². The Morgan fingerprint density at radius 3 is 2.45 bits per heavy atom. The molecule has 1 aromatic heterocycles. The Labute approximate surface area is 169 Å². The lowest BCUT2D eigenvalue weighted by Gasteiger charge is -2.26. The van der Waals surface area contributed by atoms with Crippen LogP contribution >= 0.6 is 0 Å². The summed E-state index contributed by atoms with van der Waals surface area (Å²) in [5.74, 6) is -0.847. The molecule has 4 rings (SSSR count). The van der Waals surface area contributed by atoms with Crippen molar-refractivity contribution in [1.29, 1.82) is 0 Å². The number of morpholine rings is 1. The van der Waals surface area contributed by atoms with Crippen molar-refractivity contribution in [2.75, 3.05) is 26.3 Å².